The molecule has 9 heteroatoms. The van der Waals surface area contributed by atoms with Crippen molar-refractivity contribution in [2.45, 2.75) is 0 Å². The summed E-state index contributed by atoms with van der Waals surface area (Å²) in [4.78, 5) is 30.1. The van der Waals surface area contributed by atoms with Crippen LogP contribution in [0.3, 0.4) is 0 Å². The van der Waals surface area contributed by atoms with Gasteiger partial charge in [0.05, 0.1) is 30.0 Å². The molecule has 0 saturated heterocycles. The van der Waals surface area contributed by atoms with Gasteiger partial charge in [0.15, 0.2) is 5.82 Å². The summed E-state index contributed by atoms with van der Waals surface area (Å²) in [5.41, 5.74) is -0.296. The quantitative estimate of drug-likeness (QED) is 0.686. The Hall–Kier alpha value is -2.74. The van der Waals surface area contributed by atoms with Gasteiger partial charge in [0.2, 0.25) is 5.75 Å². The van der Waals surface area contributed by atoms with Crippen LogP contribution in [0, 0.1) is 10.1 Å². The van der Waals surface area contributed by atoms with E-state index >= 15 is 0 Å². The molecule has 2 aromatic rings. The third-order valence-electron chi connectivity index (χ3n) is 2.49. The normalized spacial score (nSPS) is 10.0. The number of anilines is 1. The van der Waals surface area contributed by atoms with Gasteiger partial charge in [-0.05, 0) is 6.07 Å². The largest absolute Gasteiger partial charge is 0.490 e. The van der Waals surface area contributed by atoms with Crippen molar-refractivity contribution >= 4 is 29.0 Å². The van der Waals surface area contributed by atoms with Crippen LogP contribution < -0.4 is 10.1 Å². The Labute approximate surface area is 123 Å². The fraction of sp³-hybridized carbons (Fsp3) is 0.0833. The third-order valence-corrected chi connectivity index (χ3v) is 2.67. The van der Waals surface area contributed by atoms with Crippen LogP contribution in [0.2, 0.25) is 5.15 Å². The van der Waals surface area contributed by atoms with Crippen LogP contribution in [0.1, 0.15) is 10.4 Å². The van der Waals surface area contributed by atoms with Gasteiger partial charge in [-0.25, -0.2) is 4.98 Å². The minimum absolute atomic E-state index is 0.00785. The van der Waals surface area contributed by atoms with Crippen molar-refractivity contribution in [2.24, 2.45) is 0 Å². The van der Waals surface area contributed by atoms with Crippen molar-refractivity contribution in [2.75, 3.05) is 12.4 Å². The number of hydrogen-bond donors (Lipinski definition) is 1. The van der Waals surface area contributed by atoms with Gasteiger partial charge in [-0.3, -0.25) is 19.9 Å². The number of rotatable bonds is 4. The maximum Gasteiger partial charge on any atom is 0.311 e. The highest BCUT2D eigenvalue weighted by Crippen LogP contribution is 2.30. The van der Waals surface area contributed by atoms with Crippen LogP contribution >= 0.6 is 11.6 Å². The Morgan fingerprint density at radius 2 is 2.19 bits per heavy atom. The van der Waals surface area contributed by atoms with Gasteiger partial charge in [-0.1, -0.05) is 17.7 Å². The van der Waals surface area contributed by atoms with Gasteiger partial charge in [0.1, 0.15) is 5.15 Å². The molecule has 0 fully saturated rings. The number of methoxy groups -OCH3 is 1. The first kappa shape index (κ1) is 14.7. The molecule has 108 valence electrons. The molecule has 1 aromatic carbocycles. The summed E-state index contributed by atoms with van der Waals surface area (Å²) in [6, 6.07) is 4.03. The number of halogens is 1. The van der Waals surface area contributed by atoms with E-state index in [1.807, 2.05) is 0 Å². The molecule has 0 spiro atoms. The maximum absolute atomic E-state index is 12.2. The van der Waals surface area contributed by atoms with Gasteiger partial charge in [0, 0.05) is 6.07 Å². The Morgan fingerprint density at radius 3 is 2.81 bits per heavy atom. The second kappa shape index (κ2) is 6.14. The molecule has 0 saturated carbocycles. The molecule has 1 heterocycles. The molecule has 8 nitrogen and oxygen atoms in total. The van der Waals surface area contributed by atoms with Crippen LogP contribution in [0.5, 0.6) is 5.75 Å². The first-order valence-electron chi connectivity index (χ1n) is 5.63. The number of nitro benzene ring substituents is 1. The summed E-state index contributed by atoms with van der Waals surface area (Å²) < 4.78 is 4.96. The fourth-order valence-corrected chi connectivity index (χ4v) is 1.80. The Kier molecular flexibility index (Phi) is 4.29. The number of nitrogens with one attached hydrogen (secondary N) is 1. The van der Waals surface area contributed by atoms with E-state index in [0.29, 0.717) is 0 Å². The van der Waals surface area contributed by atoms with Crippen molar-refractivity contribution in [3.8, 4) is 5.75 Å². The predicted molar refractivity (Wildman–Crippen MR) is 74.6 cm³/mol. The third kappa shape index (κ3) is 3.23. The second-order valence-corrected chi connectivity index (χ2v) is 4.18. The zero-order chi connectivity index (χ0) is 15.4. The van der Waals surface area contributed by atoms with Crippen molar-refractivity contribution in [3.05, 3.63) is 51.4 Å². The topological polar surface area (TPSA) is 107 Å². The van der Waals surface area contributed by atoms with E-state index in [0.717, 1.165) is 0 Å². The highest BCUT2D eigenvalue weighted by atomic mass is 35.5. The molecular weight excluding hydrogens is 300 g/mol. The first-order valence-corrected chi connectivity index (χ1v) is 6.01. The number of ether oxygens (including phenoxy) is 1. The highest BCUT2D eigenvalue weighted by Gasteiger charge is 2.22. The summed E-state index contributed by atoms with van der Waals surface area (Å²) in [7, 11) is 1.25. The van der Waals surface area contributed by atoms with Crippen LogP contribution in [0.4, 0.5) is 11.5 Å². The number of para-hydroxylation sites is 1. The predicted octanol–water partition coefficient (Wildman–Crippen LogP) is 2.30. The van der Waals surface area contributed by atoms with E-state index < -0.39 is 10.8 Å². The van der Waals surface area contributed by atoms with E-state index in [2.05, 4.69) is 15.3 Å². The van der Waals surface area contributed by atoms with Crippen molar-refractivity contribution in [1.82, 2.24) is 9.97 Å². The van der Waals surface area contributed by atoms with Crippen LogP contribution in [0.15, 0.2) is 30.6 Å². The number of carbonyl (C=O) groups excluding carboxylic acids is 1. The highest BCUT2D eigenvalue weighted by molar-refractivity contribution is 6.29. The number of nitro groups is 1. The van der Waals surface area contributed by atoms with Crippen LogP contribution in [0.25, 0.3) is 0 Å². The summed E-state index contributed by atoms with van der Waals surface area (Å²) in [6.45, 7) is 0. The lowest BCUT2D eigenvalue weighted by molar-refractivity contribution is -0.385. The molecule has 0 aliphatic heterocycles. The van der Waals surface area contributed by atoms with Gasteiger partial charge in [-0.15, -0.1) is 0 Å². The number of benzene rings is 1. The zero-order valence-electron chi connectivity index (χ0n) is 10.7. The van der Waals surface area contributed by atoms with E-state index in [9.17, 15) is 14.9 Å². The molecule has 0 aliphatic rings. The van der Waals surface area contributed by atoms with Gasteiger partial charge < -0.3 is 10.1 Å². The van der Waals surface area contributed by atoms with E-state index in [-0.39, 0.29) is 28.0 Å². The van der Waals surface area contributed by atoms with Gasteiger partial charge in [0.25, 0.3) is 5.91 Å². The summed E-state index contributed by atoms with van der Waals surface area (Å²) in [5, 5.41) is 13.5. The molecule has 0 bridgehead atoms. The lowest BCUT2D eigenvalue weighted by Gasteiger charge is -2.08. The fourth-order valence-electron chi connectivity index (χ4n) is 1.65. The molecule has 0 unspecified atom stereocenters. The Morgan fingerprint density at radius 1 is 1.43 bits per heavy atom. The summed E-state index contributed by atoms with van der Waals surface area (Å²) in [5.74, 6) is -0.622. The van der Waals surface area contributed by atoms with Crippen LogP contribution in [-0.4, -0.2) is 27.9 Å². The number of hydrogen-bond acceptors (Lipinski definition) is 6. The summed E-state index contributed by atoms with van der Waals surface area (Å²) in [6.07, 6.45) is 2.61. The molecule has 1 N–H and O–H groups in total. The number of nitrogens with zero attached hydrogens (tertiary/aromatic N) is 3. The van der Waals surface area contributed by atoms with E-state index in [1.54, 1.807) is 0 Å². The molecule has 21 heavy (non-hydrogen) atoms. The Balaban J connectivity index is 2.35. The SMILES string of the molecule is COc1c(C(=O)Nc2cncc(Cl)n2)cccc1[N+](=O)[O-]. The molecule has 0 radical (unpaired) electrons. The van der Waals surface area contributed by atoms with Crippen LogP contribution in [-0.2, 0) is 0 Å². The standard InChI is InChI=1S/C12H9ClN4O4/c1-21-11-7(3-2-4-8(11)17(19)20)12(18)16-10-6-14-5-9(13)15-10/h2-6H,1H3,(H,15,16,18). The summed E-state index contributed by atoms with van der Waals surface area (Å²) >= 11 is 5.66. The van der Waals surface area contributed by atoms with Gasteiger partial charge in [-0.2, -0.15) is 0 Å². The molecular formula is C12H9ClN4O4. The molecule has 0 atom stereocenters. The molecule has 2 rings (SSSR count). The number of amides is 1. The van der Waals surface area contributed by atoms with E-state index in [4.69, 9.17) is 16.3 Å². The average molecular weight is 309 g/mol. The second-order valence-electron chi connectivity index (χ2n) is 3.80. The smallest absolute Gasteiger partial charge is 0.311 e. The maximum atomic E-state index is 12.2. The first-order chi connectivity index (χ1) is 10.0. The minimum atomic E-state index is -0.630. The molecule has 1 aromatic heterocycles. The van der Waals surface area contributed by atoms with Gasteiger partial charge >= 0.3 is 5.69 Å². The average Bonchev–Trinajstić information content (AvgIpc) is 2.46. The molecule has 1 amide bonds. The Bertz CT molecular complexity index is 707. The number of aromatic nitrogens is 2. The van der Waals surface area contributed by atoms with Crippen molar-refractivity contribution in [3.63, 3.8) is 0 Å². The zero-order valence-corrected chi connectivity index (χ0v) is 11.5. The van der Waals surface area contributed by atoms with Crippen molar-refractivity contribution in [1.29, 1.82) is 0 Å². The number of carbonyl (C=O) groups is 1. The molecule has 0 aliphatic carbocycles. The lowest BCUT2D eigenvalue weighted by Crippen LogP contribution is -2.15. The lowest BCUT2D eigenvalue weighted by atomic mass is 10.1. The minimum Gasteiger partial charge on any atom is -0.490 e. The van der Waals surface area contributed by atoms with Crippen molar-refractivity contribution < 1.29 is 14.5 Å². The monoisotopic (exact) mass is 308 g/mol. The van der Waals surface area contributed by atoms with E-state index in [1.165, 1.54) is 37.7 Å².